The number of fused-ring (bicyclic) bond motifs is 1. The van der Waals surface area contributed by atoms with Crippen LogP contribution in [0.2, 0.25) is 13.1 Å². The maximum atomic E-state index is 14.8. The number of allylic oxidation sites excluding steroid dienone is 5. The molecular formula is C26H25Cl2F5SiZr. The van der Waals surface area contributed by atoms with Gasteiger partial charge in [-0.15, -0.1) is 0 Å². The van der Waals surface area contributed by atoms with Gasteiger partial charge < -0.3 is 24.8 Å². The van der Waals surface area contributed by atoms with E-state index in [4.69, 9.17) is 0 Å². The van der Waals surface area contributed by atoms with Gasteiger partial charge >= 0.3 is 200 Å². The summed E-state index contributed by atoms with van der Waals surface area (Å²) in [6.45, 7) is 13.3. The summed E-state index contributed by atoms with van der Waals surface area (Å²) in [5.74, 6) is -9.14. The van der Waals surface area contributed by atoms with E-state index in [2.05, 4.69) is 40.8 Å². The molecule has 186 valence electrons. The molecule has 2 aromatic carbocycles. The first-order valence-electron chi connectivity index (χ1n) is 10.9. The average Bonchev–Trinajstić information content (AvgIpc) is 3.24. The van der Waals surface area contributed by atoms with E-state index in [-0.39, 0.29) is 34.0 Å². The van der Waals surface area contributed by atoms with Crippen LogP contribution in [0.1, 0.15) is 48.0 Å². The Morgan fingerprint density at radius 2 is 1.29 bits per heavy atom. The summed E-state index contributed by atoms with van der Waals surface area (Å²) in [7, 11) is 0. The molecule has 0 aromatic heterocycles. The third kappa shape index (κ3) is 4.71. The maximum absolute atomic E-state index is 14.8. The molecule has 0 nitrogen and oxygen atoms in total. The Kier molecular flexibility index (Phi) is 9.64. The van der Waals surface area contributed by atoms with Crippen molar-refractivity contribution < 1.29 is 67.1 Å². The molecule has 0 aliphatic heterocycles. The fourth-order valence-corrected chi connectivity index (χ4v) is 24.9. The minimum absolute atomic E-state index is 0. The number of benzene rings is 2. The first-order valence-corrected chi connectivity index (χ1v) is 19.7. The van der Waals surface area contributed by atoms with Crippen LogP contribution in [0.25, 0.3) is 5.57 Å². The molecule has 9 heteroatoms. The molecule has 0 saturated carbocycles. The Balaban J connectivity index is 0.00000216. The Labute approximate surface area is 223 Å². The van der Waals surface area contributed by atoms with Crippen molar-refractivity contribution in [2.45, 2.75) is 44.4 Å². The zero-order valence-corrected chi connectivity index (χ0v) is 25.2. The molecule has 2 unspecified atom stereocenters. The molecule has 0 heterocycles. The zero-order chi connectivity index (χ0) is 24.4. The van der Waals surface area contributed by atoms with E-state index in [1.165, 1.54) is 20.0 Å². The summed E-state index contributed by atoms with van der Waals surface area (Å²) in [5.41, 5.74) is 4.06. The zero-order valence-electron chi connectivity index (χ0n) is 20.2. The van der Waals surface area contributed by atoms with Gasteiger partial charge in [0.05, 0.1) is 0 Å². The molecule has 4 rings (SSSR count). The minimum Gasteiger partial charge on any atom is -1.00 e. The summed E-state index contributed by atoms with van der Waals surface area (Å²) in [4.78, 5) is 0. The first-order chi connectivity index (χ1) is 15.5. The molecule has 0 spiro atoms. The van der Waals surface area contributed by atoms with Gasteiger partial charge in [0.2, 0.25) is 0 Å². The summed E-state index contributed by atoms with van der Waals surface area (Å²) >= 11 is -2.47. The van der Waals surface area contributed by atoms with Gasteiger partial charge in [-0.1, -0.05) is 0 Å². The second-order valence-electron chi connectivity index (χ2n) is 9.07. The standard InChI is InChI=1S/C15H6F5.C9H13.C2H6Si.2ClH.Zr/c16-11-10(12(17)14(19)15(20)13(11)18)9-6-5-7-3-1-2-4-8(7)9;1-6-5-7(2)9(4)8(6)3;1-3-2;;;/h1-6H;6H,1-4H3;1-2H3;2*1H;/q;;;;;+2/p-2. The van der Waals surface area contributed by atoms with E-state index >= 15 is 0 Å². The van der Waals surface area contributed by atoms with E-state index in [1.54, 1.807) is 12.1 Å². The monoisotopic (exact) mass is 620 g/mol. The van der Waals surface area contributed by atoms with E-state index < -0.39 is 60.5 Å². The normalized spacial score (nSPS) is 18.5. The summed E-state index contributed by atoms with van der Waals surface area (Å²) in [5, 5.41) is 0. The van der Waals surface area contributed by atoms with Crippen LogP contribution < -0.4 is 24.8 Å². The minimum atomic E-state index is -2.47. The van der Waals surface area contributed by atoms with Crippen LogP contribution in [0.3, 0.4) is 0 Å². The number of rotatable bonds is 3. The van der Waals surface area contributed by atoms with Crippen molar-refractivity contribution in [3.05, 3.63) is 96.1 Å². The van der Waals surface area contributed by atoms with Gasteiger partial charge in [-0.3, -0.25) is 0 Å². The van der Waals surface area contributed by atoms with Crippen LogP contribution >= 0.6 is 0 Å². The SMILES string of the molecule is CC1=C(C)C(C)[C]([Zr+2]([CH]2C=C(c3c(F)c(F)c(F)c(F)c3F)c3ccccc32)=[Si](C)C)=C1C.[Cl-].[Cl-]. The molecule has 0 amide bonds. The molecule has 2 aliphatic carbocycles. The number of hydrogen-bond acceptors (Lipinski definition) is 0. The largest absolute Gasteiger partial charge is 1.00 e. The third-order valence-corrected chi connectivity index (χ3v) is 25.7. The van der Waals surface area contributed by atoms with Gasteiger partial charge in [-0.2, -0.15) is 0 Å². The predicted molar refractivity (Wildman–Crippen MR) is 120 cm³/mol. The van der Waals surface area contributed by atoms with E-state index in [0.717, 1.165) is 5.56 Å². The van der Waals surface area contributed by atoms with Gasteiger partial charge in [0.15, 0.2) is 0 Å². The summed E-state index contributed by atoms with van der Waals surface area (Å²) in [6, 6.07) is 7.30. The van der Waals surface area contributed by atoms with E-state index in [9.17, 15) is 22.0 Å². The Morgan fingerprint density at radius 3 is 1.77 bits per heavy atom. The van der Waals surface area contributed by atoms with Gasteiger partial charge in [-0.25, -0.2) is 0 Å². The van der Waals surface area contributed by atoms with Crippen molar-refractivity contribution in [2.24, 2.45) is 5.92 Å². The molecular weight excluding hydrogens is 597 g/mol. The second-order valence-corrected chi connectivity index (χ2v) is 26.5. The molecule has 0 radical (unpaired) electrons. The molecule has 0 fully saturated rings. The van der Waals surface area contributed by atoms with Crippen molar-refractivity contribution >= 4 is 11.0 Å². The van der Waals surface area contributed by atoms with E-state index in [1.807, 2.05) is 18.2 Å². The third-order valence-electron chi connectivity index (χ3n) is 7.18. The van der Waals surface area contributed by atoms with Crippen molar-refractivity contribution in [2.75, 3.05) is 0 Å². The molecule has 2 aromatic rings. The van der Waals surface area contributed by atoms with Crippen LogP contribution in [-0.4, -0.2) is 5.43 Å². The van der Waals surface area contributed by atoms with Gasteiger partial charge in [0.25, 0.3) is 0 Å². The topological polar surface area (TPSA) is 0 Å². The van der Waals surface area contributed by atoms with Crippen molar-refractivity contribution in [3.63, 3.8) is 0 Å². The molecule has 0 saturated heterocycles. The summed E-state index contributed by atoms with van der Waals surface area (Å²) < 4.78 is 73.0. The molecule has 2 aliphatic rings. The van der Waals surface area contributed by atoms with Crippen LogP contribution in [0.5, 0.6) is 0 Å². The van der Waals surface area contributed by atoms with Crippen LogP contribution in [-0.2, 0) is 20.4 Å². The van der Waals surface area contributed by atoms with Crippen molar-refractivity contribution in [1.29, 1.82) is 0 Å². The van der Waals surface area contributed by atoms with Gasteiger partial charge in [0, 0.05) is 0 Å². The van der Waals surface area contributed by atoms with Crippen molar-refractivity contribution in [3.8, 4) is 0 Å². The predicted octanol–water partition coefficient (Wildman–Crippen LogP) is 2.01. The molecule has 0 N–H and O–H groups in total. The molecule has 2 atom stereocenters. The van der Waals surface area contributed by atoms with Crippen molar-refractivity contribution in [1.82, 2.24) is 0 Å². The fourth-order valence-electron chi connectivity index (χ4n) is 5.20. The van der Waals surface area contributed by atoms with Gasteiger partial charge in [-0.05, 0) is 0 Å². The molecule has 35 heavy (non-hydrogen) atoms. The first kappa shape index (κ1) is 30.2. The fraction of sp³-hybridized carbons (Fsp3) is 0.308. The number of halogens is 7. The van der Waals surface area contributed by atoms with Crippen LogP contribution in [0, 0.1) is 35.0 Å². The Hall–Kier alpha value is -1.01. The second kappa shape index (κ2) is 11.2. The van der Waals surface area contributed by atoms with Crippen LogP contribution in [0.15, 0.2) is 50.3 Å². The maximum Gasteiger partial charge on any atom is -1.00 e. The molecule has 0 bridgehead atoms. The van der Waals surface area contributed by atoms with Gasteiger partial charge in [0.1, 0.15) is 0 Å². The smallest absolute Gasteiger partial charge is 1.00 e. The quantitative estimate of drug-likeness (QED) is 0.213. The Bertz CT molecular complexity index is 1310. The summed E-state index contributed by atoms with van der Waals surface area (Å²) in [6.07, 6.45) is 1.81. The number of hydrogen-bond donors (Lipinski definition) is 0. The Morgan fingerprint density at radius 1 is 0.771 bits per heavy atom. The average molecular weight is 623 g/mol. The van der Waals surface area contributed by atoms with E-state index in [0.29, 0.717) is 11.5 Å². The van der Waals surface area contributed by atoms with Crippen LogP contribution in [0.4, 0.5) is 22.0 Å².